The standard InChI is InChI=1S/C12H16N4OSe/c1-3-7(2)10(13)12(17)14-8-5-4-6-9-11(8)16-18-15-9/h4-7,10H,3,13H2,1-2H3,(H,14,17). The molecule has 1 heterocycles. The number of rotatable bonds is 4. The predicted molar refractivity (Wildman–Crippen MR) is 72.5 cm³/mol. The van der Waals surface area contributed by atoms with Crippen LogP contribution in [0.4, 0.5) is 5.69 Å². The van der Waals surface area contributed by atoms with Gasteiger partial charge in [0.15, 0.2) is 0 Å². The van der Waals surface area contributed by atoms with E-state index in [-0.39, 0.29) is 26.8 Å². The Balaban J connectivity index is 2.19. The number of hydrogen-bond acceptors (Lipinski definition) is 4. The summed E-state index contributed by atoms with van der Waals surface area (Å²) in [6.07, 6.45) is 0.879. The Morgan fingerprint density at radius 1 is 1.50 bits per heavy atom. The summed E-state index contributed by atoms with van der Waals surface area (Å²) >= 11 is -0.0952. The van der Waals surface area contributed by atoms with Crippen molar-refractivity contribution in [3.63, 3.8) is 0 Å². The van der Waals surface area contributed by atoms with Crippen LogP contribution in [-0.2, 0) is 4.79 Å². The minimum atomic E-state index is -0.491. The summed E-state index contributed by atoms with van der Waals surface area (Å²) in [4.78, 5) is 12.0. The fourth-order valence-electron chi connectivity index (χ4n) is 1.64. The molecule has 3 N–H and O–H groups in total. The fourth-order valence-corrected chi connectivity index (χ4v) is 2.79. The third-order valence-corrected chi connectivity index (χ3v) is 4.24. The molecule has 18 heavy (non-hydrogen) atoms. The van der Waals surface area contributed by atoms with E-state index in [1.54, 1.807) is 0 Å². The van der Waals surface area contributed by atoms with Gasteiger partial charge in [0, 0.05) is 0 Å². The van der Waals surface area contributed by atoms with Crippen LogP contribution in [0.1, 0.15) is 20.3 Å². The van der Waals surface area contributed by atoms with Crippen molar-refractivity contribution >= 4 is 37.6 Å². The summed E-state index contributed by atoms with van der Waals surface area (Å²) in [7, 11) is 0. The van der Waals surface area contributed by atoms with Gasteiger partial charge in [-0.25, -0.2) is 0 Å². The van der Waals surface area contributed by atoms with Crippen LogP contribution in [0.2, 0.25) is 0 Å². The Hall–Kier alpha value is -1.23. The van der Waals surface area contributed by atoms with Crippen LogP contribution in [0.3, 0.4) is 0 Å². The Kier molecular flexibility index (Phi) is 4.11. The summed E-state index contributed by atoms with van der Waals surface area (Å²) in [5.41, 5.74) is 8.24. The molecule has 2 rings (SSSR count). The topological polar surface area (TPSA) is 80.9 Å². The Labute approximate surface area is 112 Å². The Morgan fingerprint density at radius 2 is 2.28 bits per heavy atom. The van der Waals surface area contributed by atoms with Crippen LogP contribution < -0.4 is 11.1 Å². The van der Waals surface area contributed by atoms with Gasteiger partial charge in [-0.3, -0.25) is 0 Å². The molecule has 1 amide bonds. The molecule has 1 aromatic carbocycles. The van der Waals surface area contributed by atoms with Gasteiger partial charge in [-0.1, -0.05) is 0 Å². The zero-order valence-electron chi connectivity index (χ0n) is 10.4. The van der Waals surface area contributed by atoms with Crippen LogP contribution in [0.25, 0.3) is 11.0 Å². The number of anilines is 1. The van der Waals surface area contributed by atoms with E-state index in [0.29, 0.717) is 5.69 Å². The van der Waals surface area contributed by atoms with Crippen molar-refractivity contribution in [1.82, 2.24) is 7.96 Å². The van der Waals surface area contributed by atoms with Crippen LogP contribution >= 0.6 is 0 Å². The maximum atomic E-state index is 12.0. The zero-order valence-corrected chi connectivity index (χ0v) is 12.1. The number of nitrogens with one attached hydrogen (secondary N) is 1. The van der Waals surface area contributed by atoms with Crippen molar-refractivity contribution in [2.45, 2.75) is 26.3 Å². The van der Waals surface area contributed by atoms with Crippen molar-refractivity contribution in [2.24, 2.45) is 11.7 Å². The van der Waals surface area contributed by atoms with Crippen molar-refractivity contribution in [1.29, 1.82) is 0 Å². The van der Waals surface area contributed by atoms with E-state index in [1.165, 1.54) is 0 Å². The Morgan fingerprint density at radius 3 is 3.00 bits per heavy atom. The van der Waals surface area contributed by atoms with E-state index < -0.39 is 6.04 Å². The molecule has 2 aromatic rings. The number of amides is 1. The van der Waals surface area contributed by atoms with Crippen LogP contribution in [0, 0.1) is 5.92 Å². The van der Waals surface area contributed by atoms with Gasteiger partial charge in [0.1, 0.15) is 0 Å². The van der Waals surface area contributed by atoms with Crippen molar-refractivity contribution in [3.8, 4) is 0 Å². The summed E-state index contributed by atoms with van der Waals surface area (Å²) in [6, 6.07) is 5.11. The van der Waals surface area contributed by atoms with E-state index in [2.05, 4.69) is 13.3 Å². The van der Waals surface area contributed by atoms with Crippen LogP contribution in [0.5, 0.6) is 0 Å². The quantitative estimate of drug-likeness (QED) is 0.826. The summed E-state index contributed by atoms with van der Waals surface area (Å²) in [5.74, 6) is -0.0000410. The van der Waals surface area contributed by atoms with E-state index in [9.17, 15) is 4.79 Å². The van der Waals surface area contributed by atoms with Crippen LogP contribution in [0.15, 0.2) is 18.2 Å². The number of aromatic nitrogens is 2. The molecule has 0 saturated heterocycles. The maximum absolute atomic E-state index is 12.0. The second-order valence-corrected chi connectivity index (χ2v) is 5.45. The molecule has 5 nitrogen and oxygen atoms in total. The molecule has 0 radical (unpaired) electrons. The van der Waals surface area contributed by atoms with Gasteiger partial charge < -0.3 is 0 Å². The number of hydrogen-bond donors (Lipinski definition) is 2. The molecule has 1 aromatic heterocycles. The van der Waals surface area contributed by atoms with Gasteiger partial charge in [-0.2, -0.15) is 0 Å². The number of benzene rings is 1. The first-order chi connectivity index (χ1) is 8.63. The number of fused-ring (bicyclic) bond motifs is 1. The average Bonchev–Trinajstić information content (AvgIpc) is 2.86. The molecule has 0 aliphatic heterocycles. The fraction of sp³-hybridized carbons (Fsp3) is 0.417. The van der Waals surface area contributed by atoms with Gasteiger partial charge in [0.05, 0.1) is 0 Å². The number of carbonyl (C=O) groups excluding carboxylic acids is 1. The molecule has 0 bridgehead atoms. The van der Waals surface area contributed by atoms with Gasteiger partial charge in [-0.05, 0) is 0 Å². The third-order valence-electron chi connectivity index (χ3n) is 3.10. The molecular weight excluding hydrogens is 295 g/mol. The molecule has 0 fully saturated rings. The van der Waals surface area contributed by atoms with Gasteiger partial charge >= 0.3 is 112 Å². The molecule has 0 spiro atoms. The summed E-state index contributed by atoms with van der Waals surface area (Å²) < 4.78 is 8.59. The van der Waals surface area contributed by atoms with Crippen molar-refractivity contribution in [3.05, 3.63) is 18.2 Å². The molecule has 0 aliphatic carbocycles. The van der Waals surface area contributed by atoms with E-state index in [1.807, 2.05) is 32.0 Å². The second kappa shape index (κ2) is 5.61. The molecular formula is C12H16N4OSe. The number of nitrogens with zero attached hydrogens (tertiary/aromatic N) is 2. The minimum absolute atomic E-state index is 0.0952. The number of carbonyl (C=O) groups is 1. The van der Waals surface area contributed by atoms with Gasteiger partial charge in [0.2, 0.25) is 0 Å². The van der Waals surface area contributed by atoms with Crippen molar-refractivity contribution < 1.29 is 4.79 Å². The zero-order chi connectivity index (χ0) is 13.1. The molecule has 96 valence electrons. The number of nitrogens with two attached hydrogens (primary N) is 1. The van der Waals surface area contributed by atoms with Crippen LogP contribution in [-0.4, -0.2) is 34.9 Å². The average molecular weight is 311 g/mol. The first-order valence-corrected chi connectivity index (χ1v) is 7.44. The normalized spacial score (nSPS) is 14.4. The first-order valence-electron chi connectivity index (χ1n) is 5.91. The third kappa shape index (κ3) is 2.61. The van der Waals surface area contributed by atoms with Gasteiger partial charge in [-0.15, -0.1) is 0 Å². The summed E-state index contributed by atoms with van der Waals surface area (Å²) in [5, 5.41) is 2.85. The summed E-state index contributed by atoms with van der Waals surface area (Å²) in [6.45, 7) is 4.00. The van der Waals surface area contributed by atoms with Gasteiger partial charge in [0.25, 0.3) is 0 Å². The first kappa shape index (κ1) is 13.2. The second-order valence-electron chi connectivity index (χ2n) is 4.34. The monoisotopic (exact) mass is 312 g/mol. The molecule has 2 unspecified atom stereocenters. The Bertz CT molecular complexity index is 554. The van der Waals surface area contributed by atoms with E-state index in [0.717, 1.165) is 17.5 Å². The molecule has 0 saturated carbocycles. The molecule has 0 aliphatic rings. The predicted octanol–water partition coefficient (Wildman–Crippen LogP) is 0.999. The molecule has 2 atom stereocenters. The molecule has 6 heteroatoms. The SMILES string of the molecule is CCC(C)C(N)C(=O)Nc1cccc2n[se]nc12. The van der Waals surface area contributed by atoms with E-state index >= 15 is 0 Å². The van der Waals surface area contributed by atoms with Crippen molar-refractivity contribution in [2.75, 3.05) is 5.32 Å². The van der Waals surface area contributed by atoms with E-state index in [4.69, 9.17) is 5.73 Å².